The zero-order valence-corrected chi connectivity index (χ0v) is 20.7. The second-order valence-electron chi connectivity index (χ2n) is 9.17. The monoisotopic (exact) mass is 486 g/mol. The quantitative estimate of drug-likeness (QED) is 0.385. The lowest BCUT2D eigenvalue weighted by atomic mass is 10.1. The Balaban J connectivity index is 1.33. The Morgan fingerprint density at radius 1 is 0.944 bits per heavy atom. The molecule has 1 aromatic heterocycles. The summed E-state index contributed by atoms with van der Waals surface area (Å²) in [4.78, 5) is 11.7. The van der Waals surface area contributed by atoms with E-state index in [1.54, 1.807) is 6.20 Å². The van der Waals surface area contributed by atoms with Gasteiger partial charge in [-0.2, -0.15) is 0 Å². The minimum atomic E-state index is 0.452. The fourth-order valence-electron chi connectivity index (χ4n) is 4.53. The van der Waals surface area contributed by atoms with Crippen molar-refractivity contribution in [2.75, 3.05) is 44.8 Å². The van der Waals surface area contributed by atoms with Gasteiger partial charge in [0.15, 0.2) is 0 Å². The van der Waals surface area contributed by atoms with Crippen molar-refractivity contribution in [3.63, 3.8) is 0 Å². The standard InChI is InChI=1S/C29H34N4O3/c1-2-14-33(13-1)15-6-18-36-28-10-9-26-20-25(28)22-35-17-4-3-16-34-21-23-7-5-8-24(19-23)27-11-12-30-29(31-26)32-27/h3-5,7-12,19-20H,1-2,6,13-18,21-22H2,(H,30,31,32). The van der Waals surface area contributed by atoms with Crippen molar-refractivity contribution in [1.29, 1.82) is 0 Å². The summed E-state index contributed by atoms with van der Waals surface area (Å²) in [6, 6.07) is 16.2. The molecule has 1 N–H and O–H groups in total. The second-order valence-corrected chi connectivity index (χ2v) is 9.17. The summed E-state index contributed by atoms with van der Waals surface area (Å²) in [5.74, 6) is 1.40. The van der Waals surface area contributed by atoms with Crippen LogP contribution >= 0.6 is 0 Å². The average molecular weight is 487 g/mol. The van der Waals surface area contributed by atoms with Gasteiger partial charge in [0, 0.05) is 29.6 Å². The van der Waals surface area contributed by atoms with E-state index in [1.807, 2.05) is 36.4 Å². The molecule has 6 bridgehead atoms. The number of fused-ring (bicyclic) bond motifs is 7. The zero-order chi connectivity index (χ0) is 24.4. The van der Waals surface area contributed by atoms with E-state index in [-0.39, 0.29) is 0 Å². The Morgan fingerprint density at radius 3 is 2.69 bits per heavy atom. The lowest BCUT2D eigenvalue weighted by Gasteiger charge is -2.16. The van der Waals surface area contributed by atoms with Crippen LogP contribution in [-0.2, 0) is 22.7 Å². The van der Waals surface area contributed by atoms with Crippen molar-refractivity contribution >= 4 is 11.6 Å². The topological polar surface area (TPSA) is 68.7 Å². The molecule has 188 valence electrons. The van der Waals surface area contributed by atoms with Crippen molar-refractivity contribution in [3.05, 3.63) is 78.0 Å². The molecule has 0 unspecified atom stereocenters. The van der Waals surface area contributed by atoms with Crippen LogP contribution in [-0.4, -0.2) is 54.3 Å². The van der Waals surface area contributed by atoms with Crippen molar-refractivity contribution in [2.24, 2.45) is 0 Å². The van der Waals surface area contributed by atoms with E-state index in [0.29, 0.717) is 39.0 Å². The smallest absolute Gasteiger partial charge is 0.227 e. The highest BCUT2D eigenvalue weighted by Gasteiger charge is 2.12. The predicted molar refractivity (Wildman–Crippen MR) is 141 cm³/mol. The van der Waals surface area contributed by atoms with Crippen molar-refractivity contribution in [2.45, 2.75) is 32.5 Å². The Hall–Kier alpha value is -3.26. The number of rotatable bonds is 5. The van der Waals surface area contributed by atoms with E-state index in [9.17, 15) is 0 Å². The van der Waals surface area contributed by atoms with Crippen molar-refractivity contribution < 1.29 is 14.2 Å². The maximum Gasteiger partial charge on any atom is 0.227 e. The minimum absolute atomic E-state index is 0.452. The molecule has 3 aromatic rings. The normalized spacial score (nSPS) is 16.7. The number of aromatic nitrogens is 2. The van der Waals surface area contributed by atoms with Crippen LogP contribution in [0, 0.1) is 0 Å². The van der Waals surface area contributed by atoms with Crippen LogP contribution in [0.3, 0.4) is 0 Å². The fraction of sp³-hybridized carbons (Fsp3) is 0.379. The number of hydrogen-bond donors (Lipinski definition) is 1. The van der Waals surface area contributed by atoms with Crippen LogP contribution in [0.2, 0.25) is 0 Å². The van der Waals surface area contributed by atoms with Gasteiger partial charge in [-0.15, -0.1) is 0 Å². The first kappa shape index (κ1) is 24.4. The maximum absolute atomic E-state index is 6.18. The maximum atomic E-state index is 6.18. The number of hydrogen-bond acceptors (Lipinski definition) is 7. The molecule has 1 saturated heterocycles. The third kappa shape index (κ3) is 6.91. The number of benzene rings is 2. The molecule has 3 heterocycles. The summed E-state index contributed by atoms with van der Waals surface area (Å²) in [5.41, 5.74) is 4.89. The molecular formula is C29H34N4O3. The highest BCUT2D eigenvalue weighted by atomic mass is 16.5. The average Bonchev–Trinajstić information content (AvgIpc) is 3.43. The van der Waals surface area contributed by atoms with Crippen LogP contribution in [0.15, 0.2) is 66.9 Å². The van der Waals surface area contributed by atoms with Gasteiger partial charge in [0.25, 0.3) is 0 Å². The molecule has 0 amide bonds. The number of ether oxygens (including phenoxy) is 3. The summed E-state index contributed by atoms with van der Waals surface area (Å²) in [7, 11) is 0. The van der Waals surface area contributed by atoms with Gasteiger partial charge in [0.2, 0.25) is 5.95 Å². The first-order valence-corrected chi connectivity index (χ1v) is 12.8. The van der Waals surface area contributed by atoms with E-state index in [1.165, 1.54) is 25.9 Å². The van der Waals surface area contributed by atoms with Gasteiger partial charge in [-0.05, 0) is 68.2 Å². The third-order valence-electron chi connectivity index (χ3n) is 6.39. The predicted octanol–water partition coefficient (Wildman–Crippen LogP) is 5.35. The lowest BCUT2D eigenvalue weighted by Crippen LogP contribution is -2.22. The van der Waals surface area contributed by atoms with Crippen LogP contribution in [0.25, 0.3) is 11.3 Å². The highest BCUT2D eigenvalue weighted by Crippen LogP contribution is 2.27. The van der Waals surface area contributed by atoms with E-state index in [2.05, 4.69) is 39.5 Å². The van der Waals surface area contributed by atoms with Gasteiger partial charge in [0.05, 0.1) is 38.7 Å². The van der Waals surface area contributed by atoms with Gasteiger partial charge in [-0.3, -0.25) is 0 Å². The molecule has 0 atom stereocenters. The van der Waals surface area contributed by atoms with Gasteiger partial charge < -0.3 is 24.4 Å². The molecule has 36 heavy (non-hydrogen) atoms. The van der Waals surface area contributed by atoms with E-state index < -0.39 is 0 Å². The molecule has 7 nitrogen and oxygen atoms in total. The number of nitrogens with zero attached hydrogens (tertiary/aromatic N) is 3. The van der Waals surface area contributed by atoms with Gasteiger partial charge in [-0.1, -0.05) is 30.4 Å². The molecule has 1 fully saturated rings. The van der Waals surface area contributed by atoms with Crippen molar-refractivity contribution in [1.82, 2.24) is 14.9 Å². The van der Waals surface area contributed by atoms with E-state index in [0.717, 1.165) is 46.8 Å². The second kappa shape index (κ2) is 12.6. The summed E-state index contributed by atoms with van der Waals surface area (Å²) in [6.45, 7) is 6.25. The van der Waals surface area contributed by atoms with Crippen LogP contribution in [0.1, 0.15) is 30.4 Å². The number of anilines is 2. The molecule has 7 heteroatoms. The third-order valence-corrected chi connectivity index (χ3v) is 6.39. The van der Waals surface area contributed by atoms with Crippen LogP contribution in [0.5, 0.6) is 5.75 Å². The van der Waals surface area contributed by atoms with Gasteiger partial charge in [0.1, 0.15) is 5.75 Å². The largest absolute Gasteiger partial charge is 0.493 e. The summed E-state index contributed by atoms with van der Waals surface area (Å²) in [5, 5.41) is 3.35. The van der Waals surface area contributed by atoms with Crippen LogP contribution < -0.4 is 10.1 Å². The Morgan fingerprint density at radius 2 is 1.81 bits per heavy atom. The summed E-state index contributed by atoms with van der Waals surface area (Å²) >= 11 is 0. The Kier molecular flexibility index (Phi) is 8.57. The molecule has 5 rings (SSSR count). The Labute approximate surface area is 213 Å². The molecular weight excluding hydrogens is 452 g/mol. The molecule has 0 saturated carbocycles. The minimum Gasteiger partial charge on any atom is -0.493 e. The van der Waals surface area contributed by atoms with Gasteiger partial charge >= 0.3 is 0 Å². The zero-order valence-electron chi connectivity index (χ0n) is 20.7. The first-order valence-electron chi connectivity index (χ1n) is 12.8. The molecule has 0 spiro atoms. The molecule has 0 aliphatic carbocycles. The van der Waals surface area contributed by atoms with E-state index in [4.69, 9.17) is 19.2 Å². The van der Waals surface area contributed by atoms with Crippen LogP contribution in [0.4, 0.5) is 11.6 Å². The summed E-state index contributed by atoms with van der Waals surface area (Å²) < 4.78 is 17.9. The van der Waals surface area contributed by atoms with Crippen molar-refractivity contribution in [3.8, 4) is 17.0 Å². The van der Waals surface area contributed by atoms with E-state index >= 15 is 0 Å². The highest BCUT2D eigenvalue weighted by molar-refractivity contribution is 5.63. The fourth-order valence-corrected chi connectivity index (χ4v) is 4.53. The molecule has 2 aliphatic rings. The SMILES string of the molecule is C1=CCOCc2cc(ccc2OCCCN2CCCC2)Nc2nccc(n2)-c2cccc(c2)COC1. The first-order chi connectivity index (χ1) is 17.8. The number of nitrogens with one attached hydrogen (secondary N) is 1. The molecule has 0 radical (unpaired) electrons. The lowest BCUT2D eigenvalue weighted by molar-refractivity contribution is 0.138. The Bertz CT molecular complexity index is 1160. The van der Waals surface area contributed by atoms with Gasteiger partial charge in [-0.25, -0.2) is 9.97 Å². The summed E-state index contributed by atoms with van der Waals surface area (Å²) in [6.07, 6.45) is 9.42. The molecule has 2 aromatic carbocycles. The number of likely N-dealkylation sites (tertiary alicyclic amines) is 1. The molecule has 2 aliphatic heterocycles.